The van der Waals surface area contributed by atoms with Crippen LogP contribution in [0, 0.1) is 17.0 Å². The second kappa shape index (κ2) is 7.96. The standard InChI is InChI=1S/C19H14BrN3O4/c1-12-15(20)8-10-18(21-12)22-19(24)11-7-13-6-9-17(27-13)14-4-2-3-5-16(14)23(25)26/h2-11H,1H3,(H,21,22,24). The van der Waals surface area contributed by atoms with E-state index < -0.39 is 4.92 Å². The highest BCUT2D eigenvalue weighted by molar-refractivity contribution is 9.10. The lowest BCUT2D eigenvalue weighted by molar-refractivity contribution is -0.384. The van der Waals surface area contributed by atoms with Crippen molar-refractivity contribution in [2.75, 3.05) is 5.32 Å². The number of para-hydroxylation sites is 1. The van der Waals surface area contributed by atoms with E-state index >= 15 is 0 Å². The summed E-state index contributed by atoms with van der Waals surface area (Å²) < 4.78 is 6.46. The number of benzene rings is 1. The maximum atomic E-state index is 12.0. The third-order valence-electron chi connectivity index (χ3n) is 3.66. The number of furan rings is 1. The van der Waals surface area contributed by atoms with Crippen LogP contribution in [0.1, 0.15) is 11.5 Å². The summed E-state index contributed by atoms with van der Waals surface area (Å²) in [5.74, 6) is 0.823. The second-order valence-electron chi connectivity index (χ2n) is 5.56. The molecule has 0 bridgehead atoms. The summed E-state index contributed by atoms with van der Waals surface area (Å²) in [4.78, 5) is 26.9. The van der Waals surface area contributed by atoms with Crippen LogP contribution in [0.2, 0.25) is 0 Å². The lowest BCUT2D eigenvalue weighted by Crippen LogP contribution is -2.09. The predicted octanol–water partition coefficient (Wildman–Crippen LogP) is 4.97. The van der Waals surface area contributed by atoms with Gasteiger partial charge in [0.25, 0.3) is 5.69 Å². The number of nitro groups is 1. The fourth-order valence-electron chi connectivity index (χ4n) is 2.37. The minimum Gasteiger partial charge on any atom is -0.456 e. The van der Waals surface area contributed by atoms with Crippen LogP contribution in [0.4, 0.5) is 11.5 Å². The number of aryl methyl sites for hydroxylation is 1. The van der Waals surface area contributed by atoms with Crippen molar-refractivity contribution in [3.63, 3.8) is 0 Å². The highest BCUT2D eigenvalue weighted by Gasteiger charge is 2.16. The van der Waals surface area contributed by atoms with Gasteiger partial charge in [0.15, 0.2) is 0 Å². The molecule has 0 radical (unpaired) electrons. The van der Waals surface area contributed by atoms with Gasteiger partial charge < -0.3 is 9.73 Å². The average Bonchev–Trinajstić information content (AvgIpc) is 3.12. The number of amides is 1. The molecule has 1 aromatic carbocycles. The first-order chi connectivity index (χ1) is 12.9. The Hall–Kier alpha value is -3.26. The van der Waals surface area contributed by atoms with Gasteiger partial charge in [-0.2, -0.15) is 0 Å². The molecule has 2 heterocycles. The highest BCUT2D eigenvalue weighted by Crippen LogP contribution is 2.31. The number of hydrogen-bond acceptors (Lipinski definition) is 5. The maximum Gasteiger partial charge on any atom is 0.280 e. The van der Waals surface area contributed by atoms with E-state index in [-0.39, 0.29) is 11.6 Å². The molecule has 0 aliphatic carbocycles. The van der Waals surface area contributed by atoms with E-state index in [1.165, 1.54) is 18.2 Å². The van der Waals surface area contributed by atoms with Crippen molar-refractivity contribution in [1.29, 1.82) is 0 Å². The molecule has 27 heavy (non-hydrogen) atoms. The molecule has 0 atom stereocenters. The quantitative estimate of drug-likeness (QED) is 0.351. The molecule has 3 aromatic rings. The first-order valence-corrected chi connectivity index (χ1v) is 8.69. The van der Waals surface area contributed by atoms with E-state index in [1.807, 2.05) is 6.92 Å². The lowest BCUT2D eigenvalue weighted by Gasteiger charge is -2.03. The summed E-state index contributed by atoms with van der Waals surface area (Å²) >= 11 is 3.35. The zero-order valence-electron chi connectivity index (χ0n) is 14.2. The summed E-state index contributed by atoms with van der Waals surface area (Å²) in [6.07, 6.45) is 2.79. The maximum absolute atomic E-state index is 12.0. The molecule has 0 saturated carbocycles. The van der Waals surface area contributed by atoms with Crippen molar-refractivity contribution in [3.8, 4) is 11.3 Å². The molecule has 7 nitrogen and oxygen atoms in total. The Balaban J connectivity index is 1.73. The third-order valence-corrected chi connectivity index (χ3v) is 4.50. The largest absolute Gasteiger partial charge is 0.456 e. The first kappa shape index (κ1) is 18.5. The molecule has 0 fully saturated rings. The molecule has 136 valence electrons. The highest BCUT2D eigenvalue weighted by atomic mass is 79.9. The van der Waals surface area contributed by atoms with E-state index in [0.717, 1.165) is 10.2 Å². The zero-order chi connectivity index (χ0) is 19.4. The van der Waals surface area contributed by atoms with Crippen molar-refractivity contribution < 1.29 is 14.1 Å². The van der Waals surface area contributed by atoms with Gasteiger partial charge in [-0.25, -0.2) is 4.98 Å². The molecular weight excluding hydrogens is 414 g/mol. The molecular formula is C19H14BrN3O4. The smallest absolute Gasteiger partial charge is 0.280 e. The van der Waals surface area contributed by atoms with Crippen LogP contribution < -0.4 is 5.32 Å². The average molecular weight is 428 g/mol. The Morgan fingerprint density at radius 2 is 2.00 bits per heavy atom. The van der Waals surface area contributed by atoms with E-state index in [1.54, 1.807) is 42.5 Å². The molecule has 3 rings (SSSR count). The summed E-state index contributed by atoms with van der Waals surface area (Å²) in [5, 5.41) is 13.8. The minimum absolute atomic E-state index is 0.0446. The van der Waals surface area contributed by atoms with Gasteiger partial charge in [0.1, 0.15) is 17.3 Å². The van der Waals surface area contributed by atoms with Crippen LogP contribution in [0.15, 0.2) is 63.5 Å². The number of carbonyl (C=O) groups excluding carboxylic acids is 1. The number of nitrogens with zero attached hydrogens (tertiary/aromatic N) is 2. The Bertz CT molecular complexity index is 1040. The van der Waals surface area contributed by atoms with Crippen molar-refractivity contribution in [1.82, 2.24) is 4.98 Å². The van der Waals surface area contributed by atoms with E-state index in [4.69, 9.17) is 4.42 Å². The topological polar surface area (TPSA) is 98.3 Å². The Morgan fingerprint density at radius 3 is 2.74 bits per heavy atom. The summed E-state index contributed by atoms with van der Waals surface area (Å²) in [6, 6.07) is 13.0. The molecule has 1 amide bonds. The Labute approximate surface area is 163 Å². The summed E-state index contributed by atoms with van der Waals surface area (Å²) in [5.41, 5.74) is 1.09. The van der Waals surface area contributed by atoms with Gasteiger partial charge in [-0.05, 0) is 59.3 Å². The number of rotatable bonds is 5. The minimum atomic E-state index is -0.464. The molecule has 2 aromatic heterocycles. The van der Waals surface area contributed by atoms with E-state index in [0.29, 0.717) is 22.9 Å². The molecule has 0 unspecified atom stereocenters. The molecule has 0 spiro atoms. The van der Waals surface area contributed by atoms with Crippen molar-refractivity contribution in [3.05, 3.63) is 80.6 Å². The number of halogens is 1. The molecule has 0 aliphatic heterocycles. The fourth-order valence-corrected chi connectivity index (χ4v) is 2.59. The molecule has 0 saturated heterocycles. The molecule has 0 aliphatic rings. The van der Waals surface area contributed by atoms with Gasteiger partial charge >= 0.3 is 0 Å². The van der Waals surface area contributed by atoms with Crippen LogP contribution in [0.3, 0.4) is 0 Å². The number of carbonyl (C=O) groups is 1. The van der Waals surface area contributed by atoms with Gasteiger partial charge in [-0.3, -0.25) is 14.9 Å². The number of nitro benzene ring substituents is 1. The van der Waals surface area contributed by atoms with Crippen LogP contribution >= 0.6 is 15.9 Å². The van der Waals surface area contributed by atoms with Gasteiger partial charge in [0, 0.05) is 16.6 Å². The Morgan fingerprint density at radius 1 is 1.22 bits per heavy atom. The molecule has 8 heteroatoms. The van der Waals surface area contributed by atoms with Crippen LogP contribution in [0.25, 0.3) is 17.4 Å². The summed E-state index contributed by atoms with van der Waals surface area (Å²) in [7, 11) is 0. The number of aromatic nitrogens is 1. The Kier molecular flexibility index (Phi) is 5.46. The van der Waals surface area contributed by atoms with Gasteiger partial charge in [0.2, 0.25) is 5.91 Å². The van der Waals surface area contributed by atoms with Crippen molar-refractivity contribution >= 4 is 39.4 Å². The predicted molar refractivity (Wildman–Crippen MR) is 105 cm³/mol. The van der Waals surface area contributed by atoms with Gasteiger partial charge in [-0.15, -0.1) is 0 Å². The van der Waals surface area contributed by atoms with Crippen LogP contribution in [-0.2, 0) is 4.79 Å². The SMILES string of the molecule is Cc1nc(NC(=O)C=Cc2ccc(-c3ccccc3[N+](=O)[O-])o2)ccc1Br. The number of hydrogen-bond donors (Lipinski definition) is 1. The fraction of sp³-hybridized carbons (Fsp3) is 0.0526. The first-order valence-electron chi connectivity index (χ1n) is 7.90. The van der Waals surface area contributed by atoms with Crippen molar-refractivity contribution in [2.45, 2.75) is 6.92 Å². The van der Waals surface area contributed by atoms with Gasteiger partial charge in [-0.1, -0.05) is 12.1 Å². The third kappa shape index (κ3) is 4.48. The van der Waals surface area contributed by atoms with Crippen LogP contribution in [0.5, 0.6) is 0 Å². The normalized spacial score (nSPS) is 10.9. The van der Waals surface area contributed by atoms with E-state index in [9.17, 15) is 14.9 Å². The zero-order valence-corrected chi connectivity index (χ0v) is 15.8. The second-order valence-corrected chi connectivity index (χ2v) is 6.42. The molecule has 1 N–H and O–H groups in total. The van der Waals surface area contributed by atoms with Gasteiger partial charge in [0.05, 0.1) is 16.2 Å². The summed E-state index contributed by atoms with van der Waals surface area (Å²) in [6.45, 7) is 1.82. The number of pyridine rings is 1. The number of anilines is 1. The lowest BCUT2D eigenvalue weighted by atomic mass is 10.1. The van der Waals surface area contributed by atoms with Crippen molar-refractivity contribution in [2.24, 2.45) is 0 Å². The van der Waals surface area contributed by atoms with E-state index in [2.05, 4.69) is 26.2 Å². The number of nitrogens with one attached hydrogen (secondary N) is 1. The monoisotopic (exact) mass is 427 g/mol. The van der Waals surface area contributed by atoms with Crippen LogP contribution in [-0.4, -0.2) is 15.8 Å².